The van der Waals surface area contributed by atoms with Crippen LogP contribution in [0.2, 0.25) is 12.5 Å². The molecular weight excluding hydrogens is 411 g/mol. The maximum absolute atomic E-state index is 6.49. The fourth-order valence-electron chi connectivity index (χ4n) is 4.64. The highest BCUT2D eigenvalue weighted by Crippen LogP contribution is 2.42. The van der Waals surface area contributed by atoms with E-state index in [4.69, 9.17) is 14.0 Å². The first-order chi connectivity index (χ1) is 14.8. The molecule has 3 rings (SSSR count). The van der Waals surface area contributed by atoms with E-state index in [1.165, 1.54) is 15.9 Å². The number of ether oxygens (including phenoxy) is 1. The van der Waals surface area contributed by atoms with Gasteiger partial charge in [-0.1, -0.05) is 86.2 Å². The minimum atomic E-state index is -2.21. The van der Waals surface area contributed by atoms with Crippen molar-refractivity contribution >= 4 is 26.5 Å². The van der Waals surface area contributed by atoms with E-state index >= 15 is 0 Å². The van der Waals surface area contributed by atoms with Crippen molar-refractivity contribution in [2.24, 2.45) is 5.41 Å². The van der Waals surface area contributed by atoms with Gasteiger partial charge < -0.3 is 14.0 Å². The lowest BCUT2D eigenvalue weighted by molar-refractivity contribution is 0.00578. The van der Waals surface area contributed by atoms with Crippen LogP contribution < -0.4 is 9.92 Å². The van der Waals surface area contributed by atoms with E-state index in [-0.39, 0.29) is 23.7 Å². The minimum Gasteiger partial charge on any atom is -0.497 e. The topological polar surface area (TPSA) is 27.7 Å². The number of rotatable bonds is 6. The Bertz CT molecular complexity index is 929. The van der Waals surface area contributed by atoms with Crippen LogP contribution in [0.1, 0.15) is 54.0 Å². The highest BCUT2D eigenvalue weighted by atomic mass is 28.3. The molecule has 2 aromatic rings. The monoisotopic (exact) mass is 450 g/mol. The van der Waals surface area contributed by atoms with Gasteiger partial charge in [0.25, 0.3) is 0 Å². The number of hydrogen-bond donors (Lipinski definition) is 0. The molecule has 0 bridgehead atoms. The first kappa shape index (κ1) is 24.8. The van der Waals surface area contributed by atoms with Crippen LogP contribution in [-0.2, 0) is 9.31 Å². The largest absolute Gasteiger partial charge is 0.497 e. The van der Waals surface area contributed by atoms with Gasteiger partial charge >= 0.3 is 7.12 Å². The van der Waals surface area contributed by atoms with Gasteiger partial charge in [-0.15, -0.1) is 0 Å². The highest BCUT2D eigenvalue weighted by Gasteiger charge is 2.54. The molecule has 0 aliphatic carbocycles. The maximum Gasteiger partial charge on any atom is 0.455 e. The number of hydrogen-bond acceptors (Lipinski definition) is 3. The van der Waals surface area contributed by atoms with E-state index in [0.29, 0.717) is 0 Å². The summed E-state index contributed by atoms with van der Waals surface area (Å²) in [5.41, 5.74) is 0.538. The zero-order valence-electron chi connectivity index (χ0n) is 21.3. The molecule has 1 saturated heterocycles. The standard InChI is InChI=1S/C27H39BO3Si/c1-25(2,3)24(19-21-15-17-22(29-8)18-16-21)32(9,23-13-11-10-12-14-23)20-28-30-26(4,5)27(6,7)31-28/h10-19H,20H2,1-9H3/b24-19+. The van der Waals surface area contributed by atoms with Gasteiger partial charge in [-0.05, 0) is 56.7 Å². The number of methoxy groups -OCH3 is 1. The molecule has 1 fully saturated rings. The van der Waals surface area contributed by atoms with Gasteiger partial charge in [-0.3, -0.25) is 0 Å². The fourth-order valence-corrected chi connectivity index (χ4v) is 9.31. The van der Waals surface area contributed by atoms with Gasteiger partial charge in [0.15, 0.2) is 0 Å². The van der Waals surface area contributed by atoms with Gasteiger partial charge in [0.1, 0.15) is 13.8 Å². The number of allylic oxidation sites excluding steroid dienone is 1. The third-order valence-corrected chi connectivity index (χ3v) is 12.0. The molecule has 1 atom stereocenters. The van der Waals surface area contributed by atoms with Crippen LogP contribution in [0.15, 0.2) is 59.8 Å². The molecule has 0 N–H and O–H groups in total. The van der Waals surface area contributed by atoms with E-state index in [1.54, 1.807) is 7.11 Å². The van der Waals surface area contributed by atoms with Crippen LogP contribution in [-0.4, -0.2) is 33.5 Å². The van der Waals surface area contributed by atoms with Crippen LogP contribution in [0.3, 0.4) is 0 Å². The van der Waals surface area contributed by atoms with Gasteiger partial charge in [0.05, 0.1) is 18.3 Å². The Morgan fingerprint density at radius 3 is 1.94 bits per heavy atom. The zero-order valence-corrected chi connectivity index (χ0v) is 22.3. The van der Waals surface area contributed by atoms with Crippen LogP contribution in [0.5, 0.6) is 5.75 Å². The summed E-state index contributed by atoms with van der Waals surface area (Å²) in [6.45, 7) is 18.0. The SMILES string of the molecule is COc1ccc(/C=C(\C(C)(C)C)[Si](C)(CB2OC(C)(C)C(C)(C)O2)c2ccccc2)cc1. The molecule has 0 aromatic heterocycles. The average Bonchev–Trinajstić information content (AvgIpc) is 2.92. The minimum absolute atomic E-state index is 0.000378. The van der Waals surface area contributed by atoms with Crippen molar-refractivity contribution in [1.29, 1.82) is 0 Å². The molecule has 1 heterocycles. The smallest absolute Gasteiger partial charge is 0.455 e. The van der Waals surface area contributed by atoms with E-state index in [1.807, 2.05) is 12.1 Å². The summed E-state index contributed by atoms with van der Waals surface area (Å²) in [4.78, 5) is 0. The summed E-state index contributed by atoms with van der Waals surface area (Å²) in [6.07, 6.45) is 2.39. The molecule has 2 aromatic carbocycles. The zero-order chi connectivity index (χ0) is 23.8. The van der Waals surface area contributed by atoms with Crippen molar-refractivity contribution in [2.45, 2.75) is 72.2 Å². The lowest BCUT2D eigenvalue weighted by Crippen LogP contribution is -2.53. The Morgan fingerprint density at radius 1 is 0.938 bits per heavy atom. The van der Waals surface area contributed by atoms with E-state index in [9.17, 15) is 0 Å². The van der Waals surface area contributed by atoms with E-state index in [0.717, 1.165) is 11.7 Å². The van der Waals surface area contributed by atoms with Crippen molar-refractivity contribution < 1.29 is 14.0 Å². The molecule has 1 aliphatic heterocycles. The lowest BCUT2D eigenvalue weighted by atomic mass is 9.90. The summed E-state index contributed by atoms with van der Waals surface area (Å²) in [7, 11) is -0.725. The van der Waals surface area contributed by atoms with Crippen molar-refractivity contribution in [3.8, 4) is 5.75 Å². The Labute approximate surface area is 196 Å². The predicted octanol–water partition coefficient (Wildman–Crippen LogP) is 6.28. The highest BCUT2D eigenvalue weighted by molar-refractivity contribution is 7.02. The van der Waals surface area contributed by atoms with Crippen molar-refractivity contribution in [1.82, 2.24) is 0 Å². The fraction of sp³-hybridized carbons (Fsp3) is 0.481. The second-order valence-electron chi connectivity index (χ2n) is 11.2. The molecule has 0 radical (unpaired) electrons. The first-order valence-electron chi connectivity index (χ1n) is 11.6. The quantitative estimate of drug-likeness (QED) is 0.485. The van der Waals surface area contributed by atoms with Crippen molar-refractivity contribution in [3.63, 3.8) is 0 Å². The molecule has 3 nitrogen and oxygen atoms in total. The second kappa shape index (κ2) is 8.85. The Balaban J connectivity index is 2.10. The first-order valence-corrected chi connectivity index (χ1v) is 14.3. The summed E-state index contributed by atoms with van der Waals surface area (Å²) in [6, 6.07) is 19.3. The normalized spacial score (nSPS) is 20.2. The van der Waals surface area contributed by atoms with Gasteiger partial charge in [-0.2, -0.15) is 0 Å². The van der Waals surface area contributed by atoms with Crippen LogP contribution >= 0.6 is 0 Å². The van der Waals surface area contributed by atoms with Crippen LogP contribution in [0.4, 0.5) is 0 Å². The van der Waals surface area contributed by atoms with Gasteiger partial charge in [0.2, 0.25) is 0 Å². The van der Waals surface area contributed by atoms with E-state index in [2.05, 4.69) is 104 Å². The summed E-state index contributed by atoms with van der Waals surface area (Å²) >= 11 is 0. The summed E-state index contributed by atoms with van der Waals surface area (Å²) in [5.74, 6) is 1.75. The molecular formula is C27H39BO3Si. The summed E-state index contributed by atoms with van der Waals surface area (Å²) < 4.78 is 18.3. The maximum atomic E-state index is 6.49. The van der Waals surface area contributed by atoms with Crippen LogP contribution in [0.25, 0.3) is 6.08 Å². The molecule has 0 amide bonds. The average molecular weight is 451 g/mol. The Hall–Kier alpha value is -1.82. The molecule has 0 saturated carbocycles. The van der Waals surface area contributed by atoms with Crippen molar-refractivity contribution in [2.75, 3.05) is 7.11 Å². The molecule has 1 aliphatic rings. The molecule has 0 spiro atoms. The lowest BCUT2D eigenvalue weighted by Gasteiger charge is -2.39. The molecule has 5 heteroatoms. The molecule has 172 valence electrons. The van der Waals surface area contributed by atoms with E-state index < -0.39 is 8.07 Å². The third kappa shape index (κ3) is 5.05. The third-order valence-electron chi connectivity index (χ3n) is 7.12. The number of benzene rings is 2. The summed E-state index contributed by atoms with van der Waals surface area (Å²) in [5, 5.41) is 2.89. The molecule has 32 heavy (non-hydrogen) atoms. The van der Waals surface area contributed by atoms with Crippen molar-refractivity contribution in [3.05, 3.63) is 65.4 Å². The second-order valence-corrected chi connectivity index (χ2v) is 15.4. The predicted molar refractivity (Wildman–Crippen MR) is 139 cm³/mol. The molecule has 1 unspecified atom stereocenters. The van der Waals surface area contributed by atoms with Gasteiger partial charge in [-0.25, -0.2) is 0 Å². The Morgan fingerprint density at radius 2 is 1.47 bits per heavy atom. The van der Waals surface area contributed by atoms with Gasteiger partial charge in [0, 0.05) is 0 Å². The van der Waals surface area contributed by atoms with Crippen LogP contribution in [0, 0.1) is 5.41 Å². The Kier molecular flexibility index (Phi) is 6.86.